The number of carbonyl (C=O) groups is 1. The Bertz CT molecular complexity index is 679. The van der Waals surface area contributed by atoms with Gasteiger partial charge in [-0.05, 0) is 47.0 Å². The molecule has 0 atom stereocenters. The summed E-state index contributed by atoms with van der Waals surface area (Å²) in [6.07, 6.45) is 0.492. The average molecular weight is 293 g/mol. The molecular formula is C15H10F3NO2. The van der Waals surface area contributed by atoms with Crippen LogP contribution < -0.4 is 0 Å². The second-order valence-electron chi connectivity index (χ2n) is 4.21. The zero-order valence-corrected chi connectivity index (χ0v) is 10.6. The van der Waals surface area contributed by atoms with Crippen LogP contribution in [0.3, 0.4) is 0 Å². The molecule has 0 fully saturated rings. The maximum Gasteiger partial charge on any atom is 0.416 e. The van der Waals surface area contributed by atoms with Gasteiger partial charge < -0.3 is 5.11 Å². The Morgan fingerprint density at radius 3 is 2.38 bits per heavy atom. The highest BCUT2D eigenvalue weighted by Gasteiger charge is 2.30. The molecule has 2 aromatic rings. The van der Waals surface area contributed by atoms with Gasteiger partial charge in [-0.15, -0.1) is 0 Å². The van der Waals surface area contributed by atoms with Gasteiger partial charge in [-0.3, -0.25) is 4.98 Å². The molecule has 3 nitrogen and oxygen atoms in total. The standard InChI is InChI=1S/C15H10F3NO2/c16-15(17,18)12-2-3-13(10-5-7-19-8-6-10)11(9-12)1-4-14(20)21/h1-9H,(H,20,21)/b4-1+. The van der Waals surface area contributed by atoms with Crippen LogP contribution in [0.25, 0.3) is 17.2 Å². The van der Waals surface area contributed by atoms with Crippen LogP contribution in [0.1, 0.15) is 11.1 Å². The van der Waals surface area contributed by atoms with Gasteiger partial charge in [0, 0.05) is 18.5 Å². The molecule has 0 aliphatic heterocycles. The van der Waals surface area contributed by atoms with Gasteiger partial charge in [0.05, 0.1) is 5.56 Å². The van der Waals surface area contributed by atoms with Crippen LogP contribution in [0.2, 0.25) is 0 Å². The van der Waals surface area contributed by atoms with E-state index in [1.54, 1.807) is 12.1 Å². The van der Waals surface area contributed by atoms with E-state index in [0.717, 1.165) is 24.3 Å². The minimum absolute atomic E-state index is 0.179. The van der Waals surface area contributed by atoms with Crippen LogP contribution in [-0.4, -0.2) is 16.1 Å². The molecule has 0 aliphatic rings. The summed E-state index contributed by atoms with van der Waals surface area (Å²) in [5.41, 5.74) is 0.510. The first-order valence-corrected chi connectivity index (χ1v) is 5.90. The lowest BCUT2D eigenvalue weighted by atomic mass is 9.97. The summed E-state index contributed by atoms with van der Waals surface area (Å²) >= 11 is 0. The number of alkyl halides is 3. The number of nitrogens with zero attached hydrogens (tertiary/aromatic N) is 1. The Hall–Kier alpha value is -2.63. The molecule has 0 saturated carbocycles. The van der Waals surface area contributed by atoms with Crippen molar-refractivity contribution in [3.8, 4) is 11.1 Å². The number of hydrogen-bond acceptors (Lipinski definition) is 2. The third-order valence-electron chi connectivity index (χ3n) is 2.78. The Morgan fingerprint density at radius 1 is 1.14 bits per heavy atom. The molecule has 1 N–H and O–H groups in total. The van der Waals surface area contributed by atoms with E-state index in [0.29, 0.717) is 11.1 Å². The van der Waals surface area contributed by atoms with Crippen LogP contribution >= 0.6 is 0 Å². The molecule has 0 amide bonds. The Morgan fingerprint density at radius 2 is 1.81 bits per heavy atom. The van der Waals surface area contributed by atoms with Crippen LogP contribution in [0.4, 0.5) is 13.2 Å². The summed E-state index contributed by atoms with van der Waals surface area (Å²) in [6.45, 7) is 0. The van der Waals surface area contributed by atoms with Crippen molar-refractivity contribution >= 4 is 12.0 Å². The number of carboxylic acid groups (broad SMARTS) is 1. The van der Waals surface area contributed by atoms with E-state index < -0.39 is 17.7 Å². The van der Waals surface area contributed by atoms with E-state index in [1.807, 2.05) is 0 Å². The van der Waals surface area contributed by atoms with Crippen molar-refractivity contribution in [1.82, 2.24) is 4.98 Å². The van der Waals surface area contributed by atoms with Crippen molar-refractivity contribution < 1.29 is 23.1 Å². The highest BCUT2D eigenvalue weighted by molar-refractivity contribution is 5.88. The van der Waals surface area contributed by atoms with Gasteiger partial charge >= 0.3 is 12.1 Å². The minimum atomic E-state index is -4.48. The zero-order valence-electron chi connectivity index (χ0n) is 10.6. The van der Waals surface area contributed by atoms with Crippen molar-refractivity contribution in [2.24, 2.45) is 0 Å². The number of carboxylic acids is 1. The molecule has 0 radical (unpaired) electrons. The summed E-state index contributed by atoms with van der Waals surface area (Å²) in [4.78, 5) is 14.4. The van der Waals surface area contributed by atoms with Gasteiger partial charge in [-0.2, -0.15) is 13.2 Å². The van der Waals surface area contributed by atoms with Crippen molar-refractivity contribution in [2.75, 3.05) is 0 Å². The highest BCUT2D eigenvalue weighted by atomic mass is 19.4. The monoisotopic (exact) mass is 293 g/mol. The molecule has 108 valence electrons. The van der Waals surface area contributed by atoms with Gasteiger partial charge in [0.15, 0.2) is 0 Å². The van der Waals surface area contributed by atoms with Crippen molar-refractivity contribution in [1.29, 1.82) is 0 Å². The van der Waals surface area contributed by atoms with Gasteiger partial charge in [0.25, 0.3) is 0 Å². The number of pyridine rings is 1. The third kappa shape index (κ3) is 3.68. The Balaban J connectivity index is 2.57. The third-order valence-corrected chi connectivity index (χ3v) is 2.78. The first kappa shape index (κ1) is 14.8. The van der Waals surface area contributed by atoms with E-state index in [9.17, 15) is 18.0 Å². The van der Waals surface area contributed by atoms with E-state index in [-0.39, 0.29) is 5.56 Å². The molecule has 0 bridgehead atoms. The molecule has 21 heavy (non-hydrogen) atoms. The van der Waals surface area contributed by atoms with Gasteiger partial charge in [0.1, 0.15) is 0 Å². The molecule has 1 aromatic heterocycles. The van der Waals surface area contributed by atoms with Crippen molar-refractivity contribution in [3.63, 3.8) is 0 Å². The maximum atomic E-state index is 12.8. The summed E-state index contributed by atoms with van der Waals surface area (Å²) in [5.74, 6) is -1.23. The fourth-order valence-corrected chi connectivity index (χ4v) is 1.83. The molecular weight excluding hydrogens is 283 g/mol. The molecule has 0 unspecified atom stereocenters. The molecule has 1 aromatic carbocycles. The van der Waals surface area contributed by atoms with Gasteiger partial charge in [0.2, 0.25) is 0 Å². The van der Waals surface area contributed by atoms with E-state index in [2.05, 4.69) is 4.98 Å². The minimum Gasteiger partial charge on any atom is -0.478 e. The summed E-state index contributed by atoms with van der Waals surface area (Å²) in [7, 11) is 0. The largest absolute Gasteiger partial charge is 0.478 e. The number of hydrogen-bond donors (Lipinski definition) is 1. The highest BCUT2D eigenvalue weighted by Crippen LogP contribution is 2.33. The fourth-order valence-electron chi connectivity index (χ4n) is 1.83. The second-order valence-corrected chi connectivity index (χ2v) is 4.21. The predicted molar refractivity (Wildman–Crippen MR) is 71.3 cm³/mol. The fraction of sp³-hybridized carbons (Fsp3) is 0.0667. The van der Waals surface area contributed by atoms with Crippen LogP contribution in [-0.2, 0) is 11.0 Å². The number of benzene rings is 1. The predicted octanol–water partition coefficient (Wildman–Crippen LogP) is 3.87. The van der Waals surface area contributed by atoms with E-state index in [4.69, 9.17) is 5.11 Å². The smallest absolute Gasteiger partial charge is 0.416 e. The van der Waals surface area contributed by atoms with Crippen LogP contribution in [0, 0.1) is 0 Å². The first-order chi connectivity index (χ1) is 9.88. The van der Waals surface area contributed by atoms with Crippen LogP contribution in [0.5, 0.6) is 0 Å². The Labute approximate surface area is 118 Å². The van der Waals surface area contributed by atoms with E-state index >= 15 is 0 Å². The lowest BCUT2D eigenvalue weighted by Crippen LogP contribution is -2.05. The topological polar surface area (TPSA) is 50.2 Å². The number of rotatable bonds is 3. The Kier molecular flexibility index (Phi) is 4.07. The average Bonchev–Trinajstić information content (AvgIpc) is 2.44. The van der Waals surface area contributed by atoms with E-state index in [1.165, 1.54) is 18.5 Å². The number of aliphatic carboxylic acids is 1. The molecule has 0 spiro atoms. The van der Waals surface area contributed by atoms with Crippen LogP contribution in [0.15, 0.2) is 48.8 Å². The lowest BCUT2D eigenvalue weighted by Gasteiger charge is -2.11. The van der Waals surface area contributed by atoms with Crippen molar-refractivity contribution in [3.05, 3.63) is 59.9 Å². The second kappa shape index (κ2) is 5.78. The molecule has 0 saturated heterocycles. The normalized spacial score (nSPS) is 11.8. The first-order valence-electron chi connectivity index (χ1n) is 5.90. The number of aromatic nitrogens is 1. The molecule has 0 aliphatic carbocycles. The number of halogens is 3. The maximum absolute atomic E-state index is 12.8. The SMILES string of the molecule is O=C(O)/C=C/c1cc(C(F)(F)F)ccc1-c1ccncc1. The summed E-state index contributed by atoms with van der Waals surface area (Å²) in [5, 5.41) is 8.65. The molecule has 6 heteroatoms. The molecule has 1 heterocycles. The summed E-state index contributed by atoms with van der Waals surface area (Å²) in [6, 6.07) is 6.49. The van der Waals surface area contributed by atoms with Gasteiger partial charge in [-0.25, -0.2) is 4.79 Å². The zero-order chi connectivity index (χ0) is 15.5. The molecule has 2 rings (SSSR count). The summed E-state index contributed by atoms with van der Waals surface area (Å²) < 4.78 is 38.3. The quantitative estimate of drug-likeness (QED) is 0.874. The van der Waals surface area contributed by atoms with Gasteiger partial charge in [-0.1, -0.05) is 6.07 Å². The van der Waals surface area contributed by atoms with Crippen molar-refractivity contribution in [2.45, 2.75) is 6.18 Å². The lowest BCUT2D eigenvalue weighted by molar-refractivity contribution is -0.137.